The van der Waals surface area contributed by atoms with Gasteiger partial charge in [-0.2, -0.15) is 0 Å². The molecule has 0 unspecified atom stereocenters. The highest BCUT2D eigenvalue weighted by molar-refractivity contribution is 5.74. The molecule has 0 amide bonds. The molecule has 0 aliphatic heterocycles. The summed E-state index contributed by atoms with van der Waals surface area (Å²) < 4.78 is 0. The van der Waals surface area contributed by atoms with Crippen LogP contribution in [0.4, 0.5) is 0 Å². The fraction of sp³-hybridized carbons (Fsp3) is 0.125. The second-order valence-corrected chi connectivity index (χ2v) is 3.50. The maximum Gasteiger partial charge on any atom is -0.0184 e. The van der Waals surface area contributed by atoms with Gasteiger partial charge in [0, 0.05) is 0 Å². The summed E-state index contributed by atoms with van der Waals surface area (Å²) in [5.74, 6) is 0. The van der Waals surface area contributed by atoms with Gasteiger partial charge < -0.3 is 0 Å². The van der Waals surface area contributed by atoms with Gasteiger partial charge in [-0.25, -0.2) is 0 Å². The molecule has 0 saturated carbocycles. The number of hydrogen-bond acceptors (Lipinski definition) is 0. The van der Waals surface area contributed by atoms with Gasteiger partial charge >= 0.3 is 0 Å². The smallest absolute Gasteiger partial charge is 0.0184 e. The van der Waals surface area contributed by atoms with Crippen molar-refractivity contribution in [1.29, 1.82) is 0 Å². The largest absolute Gasteiger partial charge is 0.0991 e. The summed E-state index contributed by atoms with van der Waals surface area (Å²) in [6, 6.07) is 8.58. The quantitative estimate of drug-likeness (QED) is 0.625. The molecule has 0 saturated heterocycles. The summed E-state index contributed by atoms with van der Waals surface area (Å²) in [7, 11) is 0. The lowest BCUT2D eigenvalue weighted by atomic mass is 10.0. The van der Waals surface area contributed by atoms with Crippen molar-refractivity contribution >= 4 is 5.57 Å². The van der Waals surface area contributed by atoms with Gasteiger partial charge in [-0.1, -0.05) is 74.7 Å². The van der Waals surface area contributed by atoms with Crippen LogP contribution in [-0.2, 0) is 6.42 Å². The van der Waals surface area contributed by atoms with Crippen LogP contribution < -0.4 is 0 Å². The van der Waals surface area contributed by atoms with Crippen molar-refractivity contribution in [2.24, 2.45) is 0 Å². The predicted molar refractivity (Wildman–Crippen MR) is 73.3 cm³/mol. The van der Waals surface area contributed by atoms with Crippen molar-refractivity contribution in [3.05, 3.63) is 78.9 Å². The number of hydrogen-bond donors (Lipinski definition) is 0. The highest BCUT2D eigenvalue weighted by Crippen LogP contribution is 2.16. The summed E-state index contributed by atoms with van der Waals surface area (Å²) in [5.41, 5.74) is 3.68. The topological polar surface area (TPSA) is 0 Å². The van der Waals surface area contributed by atoms with Crippen LogP contribution in [0.5, 0.6) is 0 Å². The SMILES string of the molecule is C=C/C=C\C=C(/C=C)c1ccc(CC)cc1. The van der Waals surface area contributed by atoms with Crippen LogP contribution in [0.25, 0.3) is 5.57 Å². The summed E-state index contributed by atoms with van der Waals surface area (Å²) in [4.78, 5) is 0. The third-order valence-electron chi connectivity index (χ3n) is 2.44. The first-order valence-electron chi connectivity index (χ1n) is 5.53. The molecule has 0 aliphatic rings. The second-order valence-electron chi connectivity index (χ2n) is 3.50. The van der Waals surface area contributed by atoms with Gasteiger partial charge in [-0.15, -0.1) is 0 Å². The van der Waals surface area contributed by atoms with E-state index < -0.39 is 0 Å². The molecule has 0 bridgehead atoms. The summed E-state index contributed by atoms with van der Waals surface area (Å²) in [6.07, 6.45) is 10.6. The molecule has 0 fully saturated rings. The third-order valence-corrected chi connectivity index (χ3v) is 2.44. The second kappa shape index (κ2) is 6.62. The molecule has 0 N–H and O–H groups in total. The van der Waals surface area contributed by atoms with Crippen LogP contribution in [0.2, 0.25) is 0 Å². The van der Waals surface area contributed by atoms with Gasteiger partial charge in [0.15, 0.2) is 0 Å². The van der Waals surface area contributed by atoms with Crippen molar-refractivity contribution in [2.75, 3.05) is 0 Å². The van der Waals surface area contributed by atoms with Crippen molar-refractivity contribution < 1.29 is 0 Å². The van der Waals surface area contributed by atoms with Gasteiger partial charge in [-0.3, -0.25) is 0 Å². The molecule has 0 heterocycles. The van der Waals surface area contributed by atoms with Crippen LogP contribution in [-0.4, -0.2) is 0 Å². The van der Waals surface area contributed by atoms with Crippen LogP contribution in [0.3, 0.4) is 0 Å². The zero-order valence-electron chi connectivity index (χ0n) is 9.82. The minimum atomic E-state index is 1.07. The number of benzene rings is 1. The van der Waals surface area contributed by atoms with Gasteiger partial charge in [0.25, 0.3) is 0 Å². The molecule has 0 atom stereocenters. The fourth-order valence-corrected chi connectivity index (χ4v) is 1.45. The molecular formula is C16H18. The molecule has 0 aromatic heterocycles. The lowest BCUT2D eigenvalue weighted by Crippen LogP contribution is -1.83. The average Bonchev–Trinajstić information content (AvgIpc) is 2.35. The maximum absolute atomic E-state index is 3.83. The van der Waals surface area contributed by atoms with Gasteiger partial charge in [-0.05, 0) is 23.1 Å². The standard InChI is InChI=1S/C16H18/c1-4-7-8-9-15(6-3)16-12-10-14(5-2)11-13-16/h4,6-13H,1,3,5H2,2H3/b8-7-,15-9+. The molecule has 0 spiro atoms. The molecule has 0 radical (unpaired) electrons. The lowest BCUT2D eigenvalue weighted by molar-refractivity contribution is 1.14. The number of rotatable bonds is 5. The van der Waals surface area contributed by atoms with E-state index in [0.29, 0.717) is 0 Å². The highest BCUT2D eigenvalue weighted by atomic mass is 14.0. The highest BCUT2D eigenvalue weighted by Gasteiger charge is 1.95. The Bertz CT molecular complexity index is 402. The molecule has 0 aliphatic carbocycles. The molecule has 1 rings (SSSR count). The monoisotopic (exact) mass is 210 g/mol. The Morgan fingerprint density at radius 3 is 2.31 bits per heavy atom. The Hall–Kier alpha value is -1.82. The third kappa shape index (κ3) is 3.39. The maximum atomic E-state index is 3.83. The number of allylic oxidation sites excluding steroid dienone is 6. The van der Waals surface area contributed by atoms with Gasteiger partial charge in [0.05, 0.1) is 0 Å². The zero-order chi connectivity index (χ0) is 11.8. The molecule has 1 aromatic carbocycles. The Balaban J connectivity index is 2.94. The Labute approximate surface area is 98.3 Å². The number of aryl methyl sites for hydroxylation is 1. The van der Waals surface area contributed by atoms with Crippen molar-refractivity contribution in [1.82, 2.24) is 0 Å². The van der Waals surface area contributed by atoms with E-state index >= 15 is 0 Å². The molecular weight excluding hydrogens is 192 g/mol. The van der Waals surface area contributed by atoms with Crippen LogP contribution >= 0.6 is 0 Å². The first-order valence-corrected chi connectivity index (χ1v) is 5.53. The summed E-state index contributed by atoms with van der Waals surface area (Å²) in [6.45, 7) is 9.63. The average molecular weight is 210 g/mol. The molecule has 82 valence electrons. The van der Waals surface area contributed by atoms with Crippen LogP contribution in [0, 0.1) is 0 Å². The normalized spacial score (nSPS) is 11.7. The molecule has 1 aromatic rings. The lowest BCUT2D eigenvalue weighted by Gasteiger charge is -2.02. The van der Waals surface area contributed by atoms with Gasteiger partial charge in [0.1, 0.15) is 0 Å². The first-order chi connectivity index (χ1) is 7.81. The molecule has 0 nitrogen and oxygen atoms in total. The van der Waals surface area contributed by atoms with Crippen molar-refractivity contribution in [3.8, 4) is 0 Å². The minimum absolute atomic E-state index is 1.07. The van der Waals surface area contributed by atoms with E-state index in [-0.39, 0.29) is 0 Å². The van der Waals surface area contributed by atoms with E-state index in [1.807, 2.05) is 24.3 Å². The Kier molecular flexibility index (Phi) is 5.07. The summed E-state index contributed by atoms with van der Waals surface area (Å²) in [5, 5.41) is 0. The van der Waals surface area contributed by atoms with E-state index in [4.69, 9.17) is 0 Å². The van der Waals surface area contributed by atoms with E-state index in [2.05, 4.69) is 44.3 Å². The first kappa shape index (κ1) is 12.3. The van der Waals surface area contributed by atoms with Crippen LogP contribution in [0.15, 0.2) is 67.8 Å². The zero-order valence-corrected chi connectivity index (χ0v) is 9.82. The van der Waals surface area contributed by atoms with Crippen LogP contribution in [0.1, 0.15) is 18.1 Å². The van der Waals surface area contributed by atoms with E-state index in [1.165, 1.54) is 11.1 Å². The molecule has 16 heavy (non-hydrogen) atoms. The predicted octanol–water partition coefficient (Wildman–Crippen LogP) is 4.56. The van der Waals surface area contributed by atoms with E-state index in [0.717, 1.165) is 12.0 Å². The molecule has 0 heteroatoms. The Morgan fingerprint density at radius 2 is 1.81 bits per heavy atom. The van der Waals surface area contributed by atoms with Crippen molar-refractivity contribution in [2.45, 2.75) is 13.3 Å². The fourth-order valence-electron chi connectivity index (χ4n) is 1.45. The Morgan fingerprint density at radius 1 is 1.12 bits per heavy atom. The summed E-state index contributed by atoms with van der Waals surface area (Å²) >= 11 is 0. The van der Waals surface area contributed by atoms with E-state index in [1.54, 1.807) is 6.08 Å². The van der Waals surface area contributed by atoms with E-state index in [9.17, 15) is 0 Å². The minimum Gasteiger partial charge on any atom is -0.0991 e. The van der Waals surface area contributed by atoms with Gasteiger partial charge in [0.2, 0.25) is 0 Å². The van der Waals surface area contributed by atoms with Crippen molar-refractivity contribution in [3.63, 3.8) is 0 Å².